The van der Waals surface area contributed by atoms with Gasteiger partial charge in [0.05, 0.1) is 15.7 Å². The monoisotopic (exact) mass is 330 g/mol. The number of pyridine rings is 1. The third-order valence-electron chi connectivity index (χ3n) is 2.54. The highest BCUT2D eigenvalue weighted by molar-refractivity contribution is 6.35. The van der Waals surface area contributed by atoms with E-state index in [0.29, 0.717) is 33.2 Å². The molecule has 0 spiro atoms. The molecule has 2 aromatic rings. The Morgan fingerprint density at radius 3 is 2.60 bits per heavy atom. The predicted octanol–water partition coefficient (Wildman–Crippen LogP) is 4.94. The van der Waals surface area contributed by atoms with Crippen LogP contribution in [0.15, 0.2) is 30.3 Å². The van der Waals surface area contributed by atoms with Gasteiger partial charge in [-0.1, -0.05) is 41.7 Å². The van der Waals surface area contributed by atoms with E-state index < -0.39 is 0 Å². The summed E-state index contributed by atoms with van der Waals surface area (Å²) in [5, 5.41) is 4.75. The lowest BCUT2D eigenvalue weighted by molar-refractivity contribution is 0.460. The molecule has 0 saturated carbocycles. The van der Waals surface area contributed by atoms with Crippen molar-refractivity contribution >= 4 is 34.8 Å². The topological polar surface area (TPSA) is 34.2 Å². The SMILES string of the molecule is CCNCc1nc(Oc2ccc(Cl)cc2Cl)ccc1Cl. The fourth-order valence-electron chi connectivity index (χ4n) is 1.56. The number of rotatable bonds is 5. The fourth-order valence-corrected chi connectivity index (χ4v) is 2.18. The van der Waals surface area contributed by atoms with Crippen LogP contribution in [0, 0.1) is 0 Å². The number of aromatic nitrogens is 1. The van der Waals surface area contributed by atoms with Crippen LogP contribution in [-0.2, 0) is 6.54 Å². The van der Waals surface area contributed by atoms with Crippen LogP contribution in [0.3, 0.4) is 0 Å². The fraction of sp³-hybridized carbons (Fsp3) is 0.214. The minimum Gasteiger partial charge on any atom is -0.437 e. The van der Waals surface area contributed by atoms with Crippen molar-refractivity contribution in [1.29, 1.82) is 0 Å². The lowest BCUT2D eigenvalue weighted by Crippen LogP contribution is -2.13. The highest BCUT2D eigenvalue weighted by Crippen LogP contribution is 2.31. The molecule has 1 aromatic heterocycles. The summed E-state index contributed by atoms with van der Waals surface area (Å²) in [6.45, 7) is 3.44. The lowest BCUT2D eigenvalue weighted by Gasteiger charge is -2.09. The minimum absolute atomic E-state index is 0.433. The van der Waals surface area contributed by atoms with Gasteiger partial charge in [0.25, 0.3) is 0 Å². The van der Waals surface area contributed by atoms with Crippen LogP contribution < -0.4 is 10.1 Å². The molecule has 1 heterocycles. The third kappa shape index (κ3) is 4.00. The first-order chi connectivity index (χ1) is 9.60. The van der Waals surface area contributed by atoms with Gasteiger partial charge in [0.1, 0.15) is 5.75 Å². The van der Waals surface area contributed by atoms with Gasteiger partial charge in [0, 0.05) is 17.6 Å². The summed E-state index contributed by atoms with van der Waals surface area (Å²) in [5.41, 5.74) is 0.733. The molecule has 20 heavy (non-hydrogen) atoms. The zero-order valence-electron chi connectivity index (χ0n) is 10.8. The van der Waals surface area contributed by atoms with Gasteiger partial charge in [-0.15, -0.1) is 0 Å². The standard InChI is InChI=1S/C14H13Cl3N2O/c1-2-18-8-12-10(16)4-6-14(19-12)20-13-5-3-9(15)7-11(13)17/h3-7,18H,2,8H2,1H3. The molecule has 1 N–H and O–H groups in total. The molecule has 3 nitrogen and oxygen atoms in total. The minimum atomic E-state index is 0.433. The molecule has 2 rings (SSSR count). The summed E-state index contributed by atoms with van der Waals surface area (Å²) in [4.78, 5) is 4.36. The van der Waals surface area contributed by atoms with Crippen LogP contribution in [0.2, 0.25) is 15.1 Å². The van der Waals surface area contributed by atoms with Crippen molar-refractivity contribution in [2.75, 3.05) is 6.54 Å². The van der Waals surface area contributed by atoms with Crippen molar-refractivity contribution in [3.05, 3.63) is 51.1 Å². The highest BCUT2D eigenvalue weighted by Gasteiger charge is 2.08. The summed E-state index contributed by atoms with van der Waals surface area (Å²) in [6, 6.07) is 8.47. The van der Waals surface area contributed by atoms with E-state index in [1.54, 1.807) is 30.3 Å². The first kappa shape index (κ1) is 15.4. The van der Waals surface area contributed by atoms with Crippen molar-refractivity contribution in [3.63, 3.8) is 0 Å². The number of benzene rings is 1. The van der Waals surface area contributed by atoms with Crippen LogP contribution in [0.4, 0.5) is 0 Å². The molecule has 0 fully saturated rings. The average molecular weight is 332 g/mol. The molecule has 0 atom stereocenters. The Hall–Kier alpha value is -1.000. The van der Waals surface area contributed by atoms with E-state index in [2.05, 4.69) is 10.3 Å². The molecule has 0 bridgehead atoms. The molecule has 0 saturated heterocycles. The molecule has 6 heteroatoms. The summed E-state index contributed by atoms with van der Waals surface area (Å²) in [5.74, 6) is 0.937. The lowest BCUT2D eigenvalue weighted by atomic mass is 10.3. The highest BCUT2D eigenvalue weighted by atomic mass is 35.5. The van der Waals surface area contributed by atoms with Gasteiger partial charge in [0.2, 0.25) is 5.88 Å². The molecule has 0 aliphatic carbocycles. The zero-order chi connectivity index (χ0) is 14.5. The van der Waals surface area contributed by atoms with Gasteiger partial charge in [-0.2, -0.15) is 0 Å². The van der Waals surface area contributed by atoms with Crippen molar-refractivity contribution in [3.8, 4) is 11.6 Å². The number of hydrogen-bond acceptors (Lipinski definition) is 3. The quantitative estimate of drug-likeness (QED) is 0.842. The Morgan fingerprint density at radius 2 is 1.90 bits per heavy atom. The number of nitrogens with one attached hydrogen (secondary N) is 1. The van der Waals surface area contributed by atoms with Crippen molar-refractivity contribution < 1.29 is 4.74 Å². The normalized spacial score (nSPS) is 10.6. The molecule has 0 amide bonds. The Bertz CT molecular complexity index is 605. The molecule has 1 aromatic carbocycles. The van der Waals surface area contributed by atoms with Crippen LogP contribution in [-0.4, -0.2) is 11.5 Å². The van der Waals surface area contributed by atoms with E-state index in [4.69, 9.17) is 39.5 Å². The maximum atomic E-state index is 6.09. The van der Waals surface area contributed by atoms with Gasteiger partial charge >= 0.3 is 0 Å². The first-order valence-electron chi connectivity index (χ1n) is 6.09. The van der Waals surface area contributed by atoms with Crippen molar-refractivity contribution in [2.24, 2.45) is 0 Å². The van der Waals surface area contributed by atoms with Crippen molar-refractivity contribution in [1.82, 2.24) is 10.3 Å². The molecular formula is C14H13Cl3N2O. The van der Waals surface area contributed by atoms with E-state index in [9.17, 15) is 0 Å². The number of hydrogen-bond donors (Lipinski definition) is 1. The average Bonchev–Trinajstić information content (AvgIpc) is 2.42. The van der Waals surface area contributed by atoms with E-state index in [1.165, 1.54) is 0 Å². The first-order valence-corrected chi connectivity index (χ1v) is 7.22. The number of halogens is 3. The summed E-state index contributed by atoms with van der Waals surface area (Å²) in [7, 11) is 0. The van der Waals surface area contributed by atoms with Gasteiger partial charge in [-0.3, -0.25) is 0 Å². The van der Waals surface area contributed by atoms with E-state index in [0.717, 1.165) is 12.2 Å². The smallest absolute Gasteiger partial charge is 0.219 e. The van der Waals surface area contributed by atoms with Crippen LogP contribution in [0.1, 0.15) is 12.6 Å². The Morgan fingerprint density at radius 1 is 1.10 bits per heavy atom. The van der Waals surface area contributed by atoms with Gasteiger partial charge in [0.15, 0.2) is 0 Å². The van der Waals surface area contributed by atoms with Gasteiger partial charge in [-0.05, 0) is 30.8 Å². The van der Waals surface area contributed by atoms with Crippen molar-refractivity contribution in [2.45, 2.75) is 13.5 Å². The molecule has 0 unspecified atom stereocenters. The maximum Gasteiger partial charge on any atom is 0.219 e. The second kappa shape index (κ2) is 7.14. The van der Waals surface area contributed by atoms with E-state index in [1.807, 2.05) is 6.92 Å². The summed E-state index contributed by atoms with van der Waals surface area (Å²) in [6.07, 6.45) is 0. The molecule has 106 valence electrons. The maximum absolute atomic E-state index is 6.09. The zero-order valence-corrected chi connectivity index (χ0v) is 13.1. The Kier molecular flexibility index (Phi) is 5.49. The van der Waals surface area contributed by atoms with Gasteiger partial charge in [-0.25, -0.2) is 4.98 Å². The Labute approximate surface area is 132 Å². The second-order valence-corrected chi connectivity index (χ2v) is 5.29. The van der Waals surface area contributed by atoms with Gasteiger partial charge < -0.3 is 10.1 Å². The Balaban J connectivity index is 2.20. The molecule has 0 radical (unpaired) electrons. The largest absolute Gasteiger partial charge is 0.437 e. The van der Waals surface area contributed by atoms with Crippen LogP contribution in [0.25, 0.3) is 0 Å². The molecular weight excluding hydrogens is 319 g/mol. The molecule has 0 aliphatic rings. The summed E-state index contributed by atoms with van der Waals surface area (Å²) < 4.78 is 5.65. The third-order valence-corrected chi connectivity index (χ3v) is 3.42. The second-order valence-electron chi connectivity index (χ2n) is 4.04. The predicted molar refractivity (Wildman–Crippen MR) is 83.2 cm³/mol. The van der Waals surface area contributed by atoms with E-state index in [-0.39, 0.29) is 0 Å². The number of nitrogens with zero attached hydrogens (tertiary/aromatic N) is 1. The van der Waals surface area contributed by atoms with Crippen LogP contribution >= 0.6 is 34.8 Å². The number of ether oxygens (including phenoxy) is 1. The van der Waals surface area contributed by atoms with E-state index >= 15 is 0 Å². The van der Waals surface area contributed by atoms with Crippen LogP contribution in [0.5, 0.6) is 11.6 Å². The molecule has 0 aliphatic heterocycles. The summed E-state index contributed by atoms with van der Waals surface area (Å²) >= 11 is 18.0.